The van der Waals surface area contributed by atoms with Gasteiger partial charge in [0.05, 0.1) is 0 Å². The van der Waals surface area contributed by atoms with Crippen LogP contribution in [0.4, 0.5) is 4.79 Å². The molecule has 90 valence electrons. The Balaban J connectivity index is 2.42. The first-order valence-corrected chi connectivity index (χ1v) is 5.70. The van der Waals surface area contributed by atoms with E-state index in [1.807, 2.05) is 0 Å². The van der Waals surface area contributed by atoms with Crippen molar-refractivity contribution in [3.05, 3.63) is 0 Å². The molecule has 0 aliphatic heterocycles. The van der Waals surface area contributed by atoms with Crippen molar-refractivity contribution in [2.45, 2.75) is 46.1 Å². The molecule has 0 amide bonds. The quantitative estimate of drug-likeness (QED) is 0.534. The van der Waals surface area contributed by atoms with Gasteiger partial charge in [0, 0.05) is 0 Å². The van der Waals surface area contributed by atoms with Gasteiger partial charge < -0.3 is 9.47 Å². The summed E-state index contributed by atoms with van der Waals surface area (Å²) in [6.07, 6.45) is 7.28. The van der Waals surface area contributed by atoms with E-state index in [1.165, 1.54) is 6.42 Å². The fourth-order valence-electron chi connectivity index (χ4n) is 2.62. The molecular weight excluding hydrogens is 204 g/mol. The van der Waals surface area contributed by atoms with Crippen molar-refractivity contribution >= 4 is 6.16 Å². The highest BCUT2D eigenvalue weighted by Crippen LogP contribution is 2.39. The normalized spacial score (nSPS) is 27.9. The standard InChI is InChI=1S/C13H20O3/c1-5-6-15-12(14)16-11-7-10(2)8-13(3,4)9-11/h1,10-11H,6-9H2,2-4H3/t10-,11-/m1/s1. The summed E-state index contributed by atoms with van der Waals surface area (Å²) in [5.74, 6) is 2.82. The third-order valence-corrected chi connectivity index (χ3v) is 2.88. The van der Waals surface area contributed by atoms with Crippen LogP contribution in [0.15, 0.2) is 0 Å². The van der Waals surface area contributed by atoms with Gasteiger partial charge in [0.25, 0.3) is 0 Å². The second kappa shape index (κ2) is 5.25. The third-order valence-electron chi connectivity index (χ3n) is 2.88. The molecule has 0 spiro atoms. The van der Waals surface area contributed by atoms with Gasteiger partial charge in [-0.05, 0) is 30.6 Å². The molecule has 3 nitrogen and oxygen atoms in total. The van der Waals surface area contributed by atoms with Crippen LogP contribution in [0.2, 0.25) is 0 Å². The molecule has 0 bridgehead atoms. The van der Waals surface area contributed by atoms with Gasteiger partial charge in [-0.1, -0.05) is 26.7 Å². The number of rotatable bonds is 2. The molecule has 0 aromatic carbocycles. The van der Waals surface area contributed by atoms with Crippen LogP contribution in [-0.4, -0.2) is 18.9 Å². The van der Waals surface area contributed by atoms with Gasteiger partial charge in [-0.2, -0.15) is 0 Å². The fourth-order valence-corrected chi connectivity index (χ4v) is 2.62. The molecule has 0 aromatic heterocycles. The van der Waals surface area contributed by atoms with Gasteiger partial charge in [0.2, 0.25) is 0 Å². The molecule has 1 aliphatic rings. The number of ether oxygens (including phenoxy) is 2. The monoisotopic (exact) mass is 224 g/mol. The van der Waals surface area contributed by atoms with E-state index in [-0.39, 0.29) is 18.1 Å². The lowest BCUT2D eigenvalue weighted by molar-refractivity contribution is -0.0164. The van der Waals surface area contributed by atoms with E-state index < -0.39 is 6.16 Å². The third kappa shape index (κ3) is 4.14. The van der Waals surface area contributed by atoms with Gasteiger partial charge in [-0.15, -0.1) is 6.42 Å². The van der Waals surface area contributed by atoms with Crippen molar-refractivity contribution in [1.29, 1.82) is 0 Å². The second-order valence-corrected chi connectivity index (χ2v) is 5.40. The SMILES string of the molecule is C#CCOC(=O)O[C@@H]1C[C@@H](C)CC(C)(C)C1. The average molecular weight is 224 g/mol. The number of carbonyl (C=O) groups is 1. The highest BCUT2D eigenvalue weighted by atomic mass is 16.7. The van der Waals surface area contributed by atoms with Crippen LogP contribution in [-0.2, 0) is 9.47 Å². The molecule has 3 heteroatoms. The Bertz CT molecular complexity index is 288. The summed E-state index contributed by atoms with van der Waals surface area (Å²) in [5, 5.41) is 0. The van der Waals surface area contributed by atoms with Crippen molar-refractivity contribution in [2.75, 3.05) is 6.61 Å². The zero-order valence-corrected chi connectivity index (χ0v) is 10.3. The first kappa shape index (κ1) is 12.9. The summed E-state index contributed by atoms with van der Waals surface area (Å²) in [6.45, 7) is 6.56. The van der Waals surface area contributed by atoms with E-state index in [9.17, 15) is 4.79 Å². The van der Waals surface area contributed by atoms with Gasteiger partial charge in [-0.25, -0.2) is 4.79 Å². The van der Waals surface area contributed by atoms with Gasteiger partial charge in [0.15, 0.2) is 6.61 Å². The molecular formula is C13H20O3. The van der Waals surface area contributed by atoms with Crippen LogP contribution in [0, 0.1) is 23.7 Å². The fraction of sp³-hybridized carbons (Fsp3) is 0.769. The Morgan fingerprint density at radius 1 is 1.50 bits per heavy atom. The summed E-state index contributed by atoms with van der Waals surface area (Å²) in [6, 6.07) is 0. The molecule has 2 atom stereocenters. The Morgan fingerprint density at radius 3 is 2.75 bits per heavy atom. The molecule has 1 aliphatic carbocycles. The minimum atomic E-state index is -0.646. The molecule has 0 unspecified atom stereocenters. The lowest BCUT2D eigenvalue weighted by Gasteiger charge is -2.38. The maximum Gasteiger partial charge on any atom is 0.509 e. The molecule has 0 N–H and O–H groups in total. The molecule has 0 radical (unpaired) electrons. The first-order chi connectivity index (χ1) is 7.43. The highest BCUT2D eigenvalue weighted by Gasteiger charge is 2.34. The molecule has 1 rings (SSSR count). The summed E-state index contributed by atoms with van der Waals surface area (Å²) < 4.78 is 9.94. The van der Waals surface area contributed by atoms with Gasteiger partial charge >= 0.3 is 6.16 Å². The maximum absolute atomic E-state index is 11.2. The maximum atomic E-state index is 11.2. The number of hydrogen-bond donors (Lipinski definition) is 0. The van der Waals surface area contributed by atoms with E-state index in [2.05, 4.69) is 26.7 Å². The van der Waals surface area contributed by atoms with Crippen molar-refractivity contribution in [1.82, 2.24) is 0 Å². The van der Waals surface area contributed by atoms with Crippen LogP contribution in [0.25, 0.3) is 0 Å². The zero-order chi connectivity index (χ0) is 12.2. The molecule has 0 aromatic rings. The van der Waals surface area contributed by atoms with Gasteiger partial charge in [0.1, 0.15) is 6.10 Å². The lowest BCUT2D eigenvalue weighted by atomic mass is 9.71. The first-order valence-electron chi connectivity index (χ1n) is 5.70. The highest BCUT2D eigenvalue weighted by molar-refractivity contribution is 5.60. The zero-order valence-electron chi connectivity index (χ0n) is 10.3. The predicted octanol–water partition coefficient (Wildman–Crippen LogP) is 2.99. The lowest BCUT2D eigenvalue weighted by Crippen LogP contribution is -2.34. The van der Waals surface area contributed by atoms with Crippen LogP contribution < -0.4 is 0 Å². The Labute approximate surface area is 97.5 Å². The average Bonchev–Trinajstić information content (AvgIpc) is 2.11. The van der Waals surface area contributed by atoms with Crippen molar-refractivity contribution < 1.29 is 14.3 Å². The number of terminal acetylenes is 1. The topological polar surface area (TPSA) is 35.5 Å². The molecule has 16 heavy (non-hydrogen) atoms. The minimum Gasteiger partial charge on any atom is -0.431 e. The van der Waals surface area contributed by atoms with Crippen LogP contribution >= 0.6 is 0 Å². The predicted molar refractivity (Wildman–Crippen MR) is 61.9 cm³/mol. The van der Waals surface area contributed by atoms with Crippen LogP contribution in [0.3, 0.4) is 0 Å². The smallest absolute Gasteiger partial charge is 0.431 e. The second-order valence-electron chi connectivity index (χ2n) is 5.40. The molecule has 1 fully saturated rings. The van der Waals surface area contributed by atoms with E-state index in [0.29, 0.717) is 5.92 Å². The summed E-state index contributed by atoms with van der Waals surface area (Å²) in [7, 11) is 0. The van der Waals surface area contributed by atoms with E-state index in [0.717, 1.165) is 12.8 Å². The van der Waals surface area contributed by atoms with E-state index >= 15 is 0 Å². The Hall–Kier alpha value is -1.17. The number of carbonyl (C=O) groups excluding carboxylic acids is 1. The van der Waals surface area contributed by atoms with Crippen LogP contribution in [0.5, 0.6) is 0 Å². The van der Waals surface area contributed by atoms with Crippen molar-refractivity contribution in [2.24, 2.45) is 11.3 Å². The van der Waals surface area contributed by atoms with Gasteiger partial charge in [-0.3, -0.25) is 0 Å². The molecule has 1 saturated carbocycles. The van der Waals surface area contributed by atoms with Crippen LogP contribution in [0.1, 0.15) is 40.0 Å². The summed E-state index contributed by atoms with van der Waals surface area (Å²) in [5.41, 5.74) is 0.231. The summed E-state index contributed by atoms with van der Waals surface area (Å²) >= 11 is 0. The molecule has 0 heterocycles. The minimum absolute atomic E-state index is 0.0233. The Kier molecular flexibility index (Phi) is 4.23. The summed E-state index contributed by atoms with van der Waals surface area (Å²) in [4.78, 5) is 11.2. The van der Waals surface area contributed by atoms with E-state index in [4.69, 9.17) is 15.9 Å². The van der Waals surface area contributed by atoms with Crippen molar-refractivity contribution in [3.63, 3.8) is 0 Å². The Morgan fingerprint density at radius 2 is 2.19 bits per heavy atom. The largest absolute Gasteiger partial charge is 0.509 e. The van der Waals surface area contributed by atoms with Crippen molar-refractivity contribution in [3.8, 4) is 12.3 Å². The van der Waals surface area contributed by atoms with E-state index in [1.54, 1.807) is 0 Å². The molecule has 0 saturated heterocycles. The number of hydrogen-bond acceptors (Lipinski definition) is 3.